The summed E-state index contributed by atoms with van der Waals surface area (Å²) in [4.78, 5) is 0. The summed E-state index contributed by atoms with van der Waals surface area (Å²) in [5, 5.41) is 31.0. The van der Waals surface area contributed by atoms with Gasteiger partial charge in [0.15, 0.2) is 0 Å². The summed E-state index contributed by atoms with van der Waals surface area (Å²) in [7, 11) is 0. The van der Waals surface area contributed by atoms with Crippen molar-refractivity contribution in [1.82, 2.24) is 0 Å². The van der Waals surface area contributed by atoms with E-state index in [2.05, 4.69) is 37.9 Å². The van der Waals surface area contributed by atoms with Crippen LogP contribution in [0.5, 0.6) is 0 Å². The summed E-state index contributed by atoms with van der Waals surface area (Å²) in [5.74, 6) is 1.73. The van der Waals surface area contributed by atoms with Crippen molar-refractivity contribution >= 4 is 11.4 Å². The molecule has 0 aliphatic heterocycles. The second kappa shape index (κ2) is 4.50. The molecule has 4 heteroatoms. The van der Waals surface area contributed by atoms with Crippen molar-refractivity contribution < 1.29 is 10.2 Å². The van der Waals surface area contributed by atoms with Gasteiger partial charge in [-0.1, -0.05) is 27.7 Å². The van der Waals surface area contributed by atoms with Crippen LogP contribution in [0.1, 0.15) is 67.2 Å². The molecule has 0 unspecified atom stereocenters. The Kier molecular flexibility index (Phi) is 3.14. The molecular formula is C20H32N2O2. The highest BCUT2D eigenvalue weighted by Crippen LogP contribution is 2.63. The van der Waals surface area contributed by atoms with Crippen molar-refractivity contribution in [2.45, 2.75) is 78.4 Å². The van der Waals surface area contributed by atoms with Crippen LogP contribution >= 0.6 is 0 Å². The summed E-state index contributed by atoms with van der Waals surface area (Å²) in [6.45, 7) is 12.8. The van der Waals surface area contributed by atoms with E-state index in [9.17, 15) is 10.2 Å². The molecule has 6 saturated carbocycles. The fourth-order valence-electron chi connectivity index (χ4n) is 6.32. The lowest BCUT2D eigenvalue weighted by molar-refractivity contribution is -0.135. The maximum atomic E-state index is 11.0. The molecule has 4 nitrogen and oxygen atoms in total. The first-order valence-electron chi connectivity index (χ1n) is 9.48. The fraction of sp³-hybridized carbons (Fsp3) is 0.900. The van der Waals surface area contributed by atoms with Gasteiger partial charge in [-0.25, -0.2) is 0 Å². The molecule has 4 bridgehead atoms. The Morgan fingerprint density at radius 2 is 1.04 bits per heavy atom. The normalized spacial score (nSPS) is 54.3. The van der Waals surface area contributed by atoms with Gasteiger partial charge >= 0.3 is 0 Å². The Labute approximate surface area is 145 Å². The van der Waals surface area contributed by atoms with Gasteiger partial charge in [0, 0.05) is 0 Å². The van der Waals surface area contributed by atoms with Gasteiger partial charge in [0.25, 0.3) is 0 Å². The molecule has 2 N–H and O–H groups in total. The minimum atomic E-state index is -0.870. The monoisotopic (exact) mass is 332 g/mol. The van der Waals surface area contributed by atoms with Crippen LogP contribution in [0.2, 0.25) is 0 Å². The van der Waals surface area contributed by atoms with Crippen molar-refractivity contribution in [1.29, 1.82) is 0 Å². The molecule has 0 aromatic rings. The molecule has 6 aliphatic rings. The van der Waals surface area contributed by atoms with E-state index < -0.39 is 11.2 Å². The Bertz CT molecular complexity index is 586. The molecule has 6 fully saturated rings. The zero-order valence-electron chi connectivity index (χ0n) is 15.9. The van der Waals surface area contributed by atoms with E-state index in [1.807, 2.05) is 13.8 Å². The van der Waals surface area contributed by atoms with Crippen LogP contribution in [-0.4, -0.2) is 32.8 Å². The SMILES string of the molecule is CC1(C)[C@@H]2C/C(=N/N=C3\C[C@@H]4C[C@@H](C4(C)C)[C@]3(C)O)[C@@](C)(O)[C@H]1C2. The Hall–Kier alpha value is -0.740. The predicted octanol–water partition coefficient (Wildman–Crippen LogP) is 3.42. The second-order valence-electron chi connectivity index (χ2n) is 10.4. The predicted molar refractivity (Wildman–Crippen MR) is 96.1 cm³/mol. The molecule has 6 rings (SSSR count). The maximum absolute atomic E-state index is 11.0. The molecular weight excluding hydrogens is 300 g/mol. The van der Waals surface area contributed by atoms with Crippen molar-refractivity contribution in [2.75, 3.05) is 0 Å². The molecule has 0 radical (unpaired) electrons. The Balaban J connectivity index is 1.61. The number of fused-ring (bicyclic) bond motifs is 4. The van der Waals surface area contributed by atoms with Crippen LogP contribution in [-0.2, 0) is 0 Å². The second-order valence-corrected chi connectivity index (χ2v) is 10.4. The smallest absolute Gasteiger partial charge is 0.105 e. The van der Waals surface area contributed by atoms with Crippen molar-refractivity contribution in [3.05, 3.63) is 0 Å². The summed E-state index contributed by atoms with van der Waals surface area (Å²) >= 11 is 0. The molecule has 0 spiro atoms. The maximum Gasteiger partial charge on any atom is 0.105 e. The van der Waals surface area contributed by atoms with Crippen molar-refractivity contribution in [3.8, 4) is 0 Å². The van der Waals surface area contributed by atoms with Crippen LogP contribution < -0.4 is 0 Å². The zero-order chi connectivity index (χ0) is 17.7. The van der Waals surface area contributed by atoms with Crippen LogP contribution in [0.4, 0.5) is 0 Å². The quantitative estimate of drug-likeness (QED) is 0.723. The molecule has 6 atom stereocenters. The first-order chi connectivity index (χ1) is 10.9. The van der Waals surface area contributed by atoms with Gasteiger partial charge in [-0.05, 0) is 74.0 Å². The van der Waals surface area contributed by atoms with E-state index in [0.29, 0.717) is 11.8 Å². The van der Waals surface area contributed by atoms with E-state index >= 15 is 0 Å². The Morgan fingerprint density at radius 3 is 1.29 bits per heavy atom. The lowest BCUT2D eigenvalue weighted by atomic mass is 9.44. The van der Waals surface area contributed by atoms with Crippen molar-refractivity contribution in [2.24, 2.45) is 44.7 Å². The van der Waals surface area contributed by atoms with Gasteiger partial charge in [0.2, 0.25) is 0 Å². The summed E-state index contributed by atoms with van der Waals surface area (Å²) in [6, 6.07) is 0. The highest BCUT2D eigenvalue weighted by molar-refractivity contribution is 5.97. The fourth-order valence-corrected chi connectivity index (χ4v) is 6.32. The highest BCUT2D eigenvalue weighted by Gasteiger charge is 2.63. The summed E-state index contributed by atoms with van der Waals surface area (Å²) in [6.07, 6.45) is 3.83. The van der Waals surface area contributed by atoms with Crippen LogP contribution in [0.25, 0.3) is 0 Å². The summed E-state index contributed by atoms with van der Waals surface area (Å²) in [5.41, 5.74) is 0.264. The van der Waals surface area contributed by atoms with Gasteiger partial charge < -0.3 is 10.2 Å². The minimum absolute atomic E-state index is 0.192. The zero-order valence-corrected chi connectivity index (χ0v) is 15.9. The summed E-state index contributed by atoms with van der Waals surface area (Å²) < 4.78 is 0. The van der Waals surface area contributed by atoms with Crippen LogP contribution in [0.3, 0.4) is 0 Å². The molecule has 134 valence electrons. The van der Waals surface area contributed by atoms with Crippen LogP contribution in [0.15, 0.2) is 10.2 Å². The average molecular weight is 332 g/mol. The van der Waals surface area contributed by atoms with Gasteiger partial charge in [-0.2, -0.15) is 10.2 Å². The first kappa shape index (κ1) is 16.7. The van der Waals surface area contributed by atoms with Gasteiger partial charge in [-0.3, -0.25) is 0 Å². The number of nitrogens with zero attached hydrogens (tertiary/aromatic N) is 2. The molecule has 0 aromatic carbocycles. The van der Waals surface area contributed by atoms with Gasteiger partial charge in [0.1, 0.15) is 11.2 Å². The van der Waals surface area contributed by atoms with E-state index in [4.69, 9.17) is 0 Å². The number of hydrogen-bond acceptors (Lipinski definition) is 4. The lowest BCUT2D eigenvalue weighted by Gasteiger charge is -2.63. The third kappa shape index (κ3) is 1.87. The van der Waals surface area contributed by atoms with E-state index in [0.717, 1.165) is 37.1 Å². The van der Waals surface area contributed by atoms with E-state index in [1.54, 1.807) is 0 Å². The standard InChI is InChI=1S/C20H32N2O2/c1-17(2)11-7-13(17)19(5,23)15(9-11)21-22-16-10-12-8-14(18(12,3)4)20(16,6)24/h11-14,23-24H,7-10H2,1-6H3/b21-15-,22-16+/t11-,12-,13-,14-,19-,20-/m0/s1. The lowest BCUT2D eigenvalue weighted by Crippen LogP contribution is -2.65. The topological polar surface area (TPSA) is 65.2 Å². The third-order valence-corrected chi connectivity index (χ3v) is 8.64. The molecule has 0 saturated heterocycles. The molecule has 0 heterocycles. The van der Waals surface area contributed by atoms with Gasteiger partial charge in [0.05, 0.1) is 11.4 Å². The highest BCUT2D eigenvalue weighted by atomic mass is 16.3. The number of hydrogen-bond donors (Lipinski definition) is 2. The Morgan fingerprint density at radius 1 is 0.708 bits per heavy atom. The molecule has 0 amide bonds. The molecule has 6 aliphatic carbocycles. The average Bonchev–Trinajstić information content (AvgIpc) is 2.44. The number of aliphatic hydroxyl groups is 2. The van der Waals surface area contributed by atoms with E-state index in [1.165, 1.54) is 0 Å². The third-order valence-electron chi connectivity index (χ3n) is 8.64. The largest absolute Gasteiger partial charge is 0.384 e. The first-order valence-corrected chi connectivity index (χ1v) is 9.48. The minimum Gasteiger partial charge on any atom is -0.384 e. The van der Waals surface area contributed by atoms with Crippen molar-refractivity contribution in [3.63, 3.8) is 0 Å². The van der Waals surface area contributed by atoms with Crippen LogP contribution in [0, 0.1) is 34.5 Å². The number of rotatable bonds is 1. The molecule has 24 heavy (non-hydrogen) atoms. The van der Waals surface area contributed by atoms with E-state index in [-0.39, 0.29) is 22.7 Å². The molecule has 0 aromatic heterocycles. The van der Waals surface area contributed by atoms with Gasteiger partial charge in [-0.15, -0.1) is 0 Å².